The van der Waals surface area contributed by atoms with Gasteiger partial charge in [-0.2, -0.15) is 11.8 Å². The fourth-order valence-corrected chi connectivity index (χ4v) is 1.75. The van der Waals surface area contributed by atoms with Crippen LogP contribution in [0.2, 0.25) is 5.02 Å². The maximum absolute atomic E-state index is 11.6. The Kier molecular flexibility index (Phi) is 5.49. The van der Waals surface area contributed by atoms with Crippen molar-refractivity contribution in [3.63, 3.8) is 0 Å². The van der Waals surface area contributed by atoms with E-state index >= 15 is 0 Å². The molecule has 0 bridgehead atoms. The summed E-state index contributed by atoms with van der Waals surface area (Å²) in [6.07, 6.45) is 2.86. The quantitative estimate of drug-likeness (QED) is 0.502. The number of thioether (sulfide) groups is 1. The van der Waals surface area contributed by atoms with Crippen LogP contribution < -0.4 is 5.73 Å². The number of carbonyl (C=O) groups excluding carboxylic acids is 1. The molecule has 0 unspecified atom stereocenters. The Morgan fingerprint density at radius 3 is 2.94 bits per heavy atom. The molecule has 5 heteroatoms. The van der Waals surface area contributed by atoms with Gasteiger partial charge in [0, 0.05) is 10.7 Å². The Labute approximate surface area is 104 Å². The third kappa shape index (κ3) is 3.94. The van der Waals surface area contributed by atoms with Gasteiger partial charge in [-0.1, -0.05) is 11.6 Å². The summed E-state index contributed by atoms with van der Waals surface area (Å²) in [6.45, 7) is 0.418. The number of hydrogen-bond acceptors (Lipinski definition) is 4. The lowest BCUT2D eigenvalue weighted by Crippen LogP contribution is -2.09. The molecule has 0 amide bonds. The van der Waals surface area contributed by atoms with E-state index < -0.39 is 5.97 Å². The number of nitrogens with two attached hydrogens (primary N) is 1. The molecule has 0 aliphatic heterocycles. The Hall–Kier alpha value is -0.870. The van der Waals surface area contributed by atoms with E-state index in [4.69, 9.17) is 22.1 Å². The fraction of sp³-hybridized carbons (Fsp3) is 0.364. The number of nitrogen functional groups attached to an aromatic ring is 1. The van der Waals surface area contributed by atoms with Crippen LogP contribution in [0.3, 0.4) is 0 Å². The molecule has 0 atom stereocenters. The predicted octanol–water partition coefficient (Wildman–Crippen LogP) is 2.83. The van der Waals surface area contributed by atoms with Crippen molar-refractivity contribution >= 4 is 35.0 Å². The highest BCUT2D eigenvalue weighted by Crippen LogP contribution is 2.18. The van der Waals surface area contributed by atoms with Gasteiger partial charge in [-0.05, 0) is 36.6 Å². The number of carbonyl (C=O) groups is 1. The summed E-state index contributed by atoms with van der Waals surface area (Å²) in [4.78, 5) is 11.6. The molecular weight excluding hydrogens is 246 g/mol. The van der Waals surface area contributed by atoms with Crippen LogP contribution in [0.5, 0.6) is 0 Å². The van der Waals surface area contributed by atoms with Gasteiger partial charge in [0.15, 0.2) is 0 Å². The SMILES string of the molecule is CSCCCOC(=O)c1ccc(Cl)cc1N. The normalized spacial score (nSPS) is 10.1. The van der Waals surface area contributed by atoms with E-state index in [-0.39, 0.29) is 0 Å². The minimum absolute atomic E-state index is 0.349. The largest absolute Gasteiger partial charge is 0.462 e. The second-order valence-electron chi connectivity index (χ2n) is 3.21. The van der Waals surface area contributed by atoms with E-state index in [0.29, 0.717) is 22.9 Å². The summed E-state index contributed by atoms with van der Waals surface area (Å²) in [5, 5.41) is 0.511. The molecule has 0 saturated carbocycles. The van der Waals surface area contributed by atoms with Crippen molar-refractivity contribution in [2.24, 2.45) is 0 Å². The highest BCUT2D eigenvalue weighted by molar-refractivity contribution is 7.98. The van der Waals surface area contributed by atoms with Gasteiger partial charge >= 0.3 is 5.97 Å². The highest BCUT2D eigenvalue weighted by atomic mass is 35.5. The van der Waals surface area contributed by atoms with Gasteiger partial charge in [-0.3, -0.25) is 0 Å². The highest BCUT2D eigenvalue weighted by Gasteiger charge is 2.10. The molecule has 0 fully saturated rings. The van der Waals surface area contributed by atoms with Crippen LogP contribution in [-0.2, 0) is 4.74 Å². The average molecular weight is 260 g/mol. The zero-order valence-corrected chi connectivity index (χ0v) is 10.6. The third-order valence-electron chi connectivity index (χ3n) is 1.96. The van der Waals surface area contributed by atoms with Crippen LogP contribution >= 0.6 is 23.4 Å². The molecule has 0 aliphatic carbocycles. The van der Waals surface area contributed by atoms with Gasteiger partial charge < -0.3 is 10.5 Å². The number of ether oxygens (including phenoxy) is 1. The van der Waals surface area contributed by atoms with Gasteiger partial charge in [0.25, 0.3) is 0 Å². The minimum atomic E-state index is -0.393. The van der Waals surface area contributed by atoms with Crippen LogP contribution in [0.1, 0.15) is 16.8 Å². The molecule has 1 rings (SSSR count). The molecule has 2 N–H and O–H groups in total. The monoisotopic (exact) mass is 259 g/mol. The molecule has 88 valence electrons. The van der Waals surface area contributed by atoms with Gasteiger partial charge in [-0.15, -0.1) is 0 Å². The molecule has 1 aromatic rings. The molecule has 1 aromatic carbocycles. The number of rotatable bonds is 5. The molecule has 0 aliphatic rings. The van der Waals surface area contributed by atoms with E-state index in [1.54, 1.807) is 30.0 Å². The second-order valence-corrected chi connectivity index (χ2v) is 4.64. The Balaban J connectivity index is 2.53. The van der Waals surface area contributed by atoms with Crippen molar-refractivity contribution in [1.82, 2.24) is 0 Å². The van der Waals surface area contributed by atoms with Crippen molar-refractivity contribution in [3.8, 4) is 0 Å². The number of anilines is 1. The third-order valence-corrected chi connectivity index (χ3v) is 2.89. The molecular formula is C11H14ClNO2S. The Bertz CT molecular complexity index is 371. The molecule has 3 nitrogen and oxygen atoms in total. The summed E-state index contributed by atoms with van der Waals surface area (Å²) >= 11 is 7.45. The van der Waals surface area contributed by atoms with Crippen molar-refractivity contribution in [3.05, 3.63) is 28.8 Å². The first kappa shape index (κ1) is 13.2. The Morgan fingerprint density at radius 2 is 2.31 bits per heavy atom. The van der Waals surface area contributed by atoms with E-state index in [9.17, 15) is 4.79 Å². The van der Waals surface area contributed by atoms with Crippen molar-refractivity contribution in [1.29, 1.82) is 0 Å². The van der Waals surface area contributed by atoms with Crippen LogP contribution in [0.15, 0.2) is 18.2 Å². The average Bonchev–Trinajstić information content (AvgIpc) is 2.24. The van der Waals surface area contributed by atoms with Crippen molar-refractivity contribution < 1.29 is 9.53 Å². The molecule has 0 heterocycles. The predicted molar refractivity (Wildman–Crippen MR) is 69.1 cm³/mol. The zero-order chi connectivity index (χ0) is 12.0. The lowest BCUT2D eigenvalue weighted by molar-refractivity contribution is 0.0507. The zero-order valence-electron chi connectivity index (χ0n) is 9.03. The maximum atomic E-state index is 11.6. The molecule has 0 saturated heterocycles. The van der Waals surface area contributed by atoms with E-state index in [1.165, 1.54) is 0 Å². The summed E-state index contributed by atoms with van der Waals surface area (Å²) in [5.41, 5.74) is 6.38. The van der Waals surface area contributed by atoms with Crippen LogP contribution in [0.25, 0.3) is 0 Å². The summed E-state index contributed by atoms with van der Waals surface area (Å²) in [5.74, 6) is 0.582. The lowest BCUT2D eigenvalue weighted by atomic mass is 10.2. The van der Waals surface area contributed by atoms with Gasteiger partial charge in [0.1, 0.15) is 0 Å². The van der Waals surface area contributed by atoms with Gasteiger partial charge in [0.05, 0.1) is 12.2 Å². The van der Waals surface area contributed by atoms with Crippen LogP contribution in [0, 0.1) is 0 Å². The maximum Gasteiger partial charge on any atom is 0.340 e. The van der Waals surface area contributed by atoms with E-state index in [1.807, 2.05) is 6.26 Å². The Morgan fingerprint density at radius 1 is 1.56 bits per heavy atom. The summed E-state index contributed by atoms with van der Waals surface area (Å²) in [6, 6.07) is 4.74. The first-order valence-corrected chi connectivity index (χ1v) is 6.63. The van der Waals surface area contributed by atoms with E-state index in [2.05, 4.69) is 0 Å². The van der Waals surface area contributed by atoms with Gasteiger partial charge in [-0.25, -0.2) is 4.79 Å². The first-order valence-electron chi connectivity index (χ1n) is 4.86. The van der Waals surface area contributed by atoms with Crippen LogP contribution in [-0.4, -0.2) is 24.6 Å². The minimum Gasteiger partial charge on any atom is -0.462 e. The summed E-state index contributed by atoms with van der Waals surface area (Å²) in [7, 11) is 0. The standard InChI is InChI=1S/C11H14ClNO2S/c1-16-6-2-5-15-11(14)9-4-3-8(12)7-10(9)13/h3-4,7H,2,5-6,13H2,1H3. The second kappa shape index (κ2) is 6.66. The number of esters is 1. The molecule has 16 heavy (non-hydrogen) atoms. The first-order chi connectivity index (χ1) is 7.65. The smallest absolute Gasteiger partial charge is 0.340 e. The molecule has 0 aromatic heterocycles. The lowest BCUT2D eigenvalue weighted by Gasteiger charge is -2.06. The van der Waals surface area contributed by atoms with Crippen molar-refractivity contribution in [2.75, 3.05) is 24.3 Å². The number of benzene rings is 1. The summed E-state index contributed by atoms with van der Waals surface area (Å²) < 4.78 is 5.08. The molecule has 0 spiro atoms. The van der Waals surface area contributed by atoms with Gasteiger partial charge in [0.2, 0.25) is 0 Å². The number of hydrogen-bond donors (Lipinski definition) is 1. The fourth-order valence-electron chi connectivity index (χ4n) is 1.17. The van der Waals surface area contributed by atoms with Crippen LogP contribution in [0.4, 0.5) is 5.69 Å². The van der Waals surface area contributed by atoms with E-state index in [0.717, 1.165) is 12.2 Å². The topological polar surface area (TPSA) is 52.3 Å². The number of halogens is 1. The molecule has 0 radical (unpaired) electrons. The van der Waals surface area contributed by atoms with Crippen molar-refractivity contribution in [2.45, 2.75) is 6.42 Å².